The van der Waals surface area contributed by atoms with E-state index in [0.29, 0.717) is 15.3 Å². The SMILES string of the molecule is C[C@H](NC(=S)Nc1c(Br)cccc1OC(F)F)C(C)(C)C. The largest absolute Gasteiger partial charge is 0.433 e. The van der Waals surface area contributed by atoms with Crippen LogP contribution in [-0.4, -0.2) is 17.8 Å². The predicted molar refractivity (Wildman–Crippen MR) is 89.0 cm³/mol. The van der Waals surface area contributed by atoms with Crippen LogP contribution >= 0.6 is 28.1 Å². The number of rotatable bonds is 4. The summed E-state index contributed by atoms with van der Waals surface area (Å²) in [5.74, 6) is 0.0342. The first-order chi connectivity index (χ1) is 9.61. The summed E-state index contributed by atoms with van der Waals surface area (Å²) in [6.45, 7) is 5.35. The van der Waals surface area contributed by atoms with Crippen molar-refractivity contribution in [3.63, 3.8) is 0 Å². The summed E-state index contributed by atoms with van der Waals surface area (Å²) in [7, 11) is 0. The molecule has 0 fully saturated rings. The van der Waals surface area contributed by atoms with Crippen LogP contribution in [0.4, 0.5) is 14.5 Å². The van der Waals surface area contributed by atoms with Gasteiger partial charge in [-0.1, -0.05) is 26.8 Å². The molecule has 7 heteroatoms. The maximum Gasteiger partial charge on any atom is 0.387 e. The molecule has 0 radical (unpaired) electrons. The molecule has 0 aliphatic heterocycles. The first-order valence-electron chi connectivity index (χ1n) is 6.42. The molecular weight excluding hydrogens is 362 g/mol. The first-order valence-corrected chi connectivity index (χ1v) is 7.62. The number of alkyl halides is 2. The highest BCUT2D eigenvalue weighted by molar-refractivity contribution is 9.10. The van der Waals surface area contributed by atoms with Gasteiger partial charge in [-0.05, 0) is 52.6 Å². The molecule has 0 aliphatic rings. The van der Waals surface area contributed by atoms with E-state index >= 15 is 0 Å². The van der Waals surface area contributed by atoms with Gasteiger partial charge in [0.15, 0.2) is 10.9 Å². The molecule has 1 aromatic rings. The first kappa shape index (κ1) is 18.1. The van der Waals surface area contributed by atoms with Crippen LogP contribution in [0.3, 0.4) is 0 Å². The van der Waals surface area contributed by atoms with Gasteiger partial charge in [-0.3, -0.25) is 0 Å². The molecule has 1 atom stereocenters. The van der Waals surface area contributed by atoms with Gasteiger partial charge in [0.1, 0.15) is 0 Å². The highest BCUT2D eigenvalue weighted by atomic mass is 79.9. The second-order valence-electron chi connectivity index (χ2n) is 5.68. The Balaban J connectivity index is 2.85. The third-order valence-electron chi connectivity index (χ3n) is 3.08. The number of thiocarbonyl (C=S) groups is 1. The van der Waals surface area contributed by atoms with E-state index in [1.54, 1.807) is 12.1 Å². The average molecular weight is 381 g/mol. The Labute approximate surface area is 137 Å². The smallest absolute Gasteiger partial charge is 0.387 e. The van der Waals surface area contributed by atoms with Crippen molar-refractivity contribution < 1.29 is 13.5 Å². The van der Waals surface area contributed by atoms with Crippen molar-refractivity contribution in [2.45, 2.75) is 40.3 Å². The van der Waals surface area contributed by atoms with E-state index in [1.165, 1.54) is 6.07 Å². The van der Waals surface area contributed by atoms with E-state index < -0.39 is 6.61 Å². The number of para-hydroxylation sites is 1. The lowest BCUT2D eigenvalue weighted by atomic mass is 9.88. The average Bonchev–Trinajstić information content (AvgIpc) is 2.31. The predicted octanol–water partition coefficient (Wildman–Crippen LogP) is 4.77. The minimum atomic E-state index is -2.89. The molecule has 1 rings (SSSR count). The van der Waals surface area contributed by atoms with Gasteiger partial charge in [0.2, 0.25) is 0 Å². The molecule has 0 amide bonds. The lowest BCUT2D eigenvalue weighted by Crippen LogP contribution is -2.43. The van der Waals surface area contributed by atoms with E-state index in [-0.39, 0.29) is 17.2 Å². The van der Waals surface area contributed by atoms with Gasteiger partial charge in [0, 0.05) is 10.5 Å². The monoisotopic (exact) mass is 380 g/mol. The van der Waals surface area contributed by atoms with Crippen LogP contribution in [0.5, 0.6) is 5.75 Å². The minimum absolute atomic E-state index is 0.0158. The second kappa shape index (κ2) is 7.35. The molecule has 21 heavy (non-hydrogen) atoms. The summed E-state index contributed by atoms with van der Waals surface area (Å²) in [5, 5.41) is 6.39. The molecule has 0 spiro atoms. The Kier molecular flexibility index (Phi) is 6.34. The summed E-state index contributed by atoms with van der Waals surface area (Å²) in [5.41, 5.74) is 0.388. The summed E-state index contributed by atoms with van der Waals surface area (Å²) in [6.07, 6.45) is 0. The molecule has 0 heterocycles. The number of anilines is 1. The third-order valence-corrected chi connectivity index (χ3v) is 3.96. The lowest BCUT2D eigenvalue weighted by molar-refractivity contribution is -0.0493. The van der Waals surface area contributed by atoms with Crippen molar-refractivity contribution in [3.8, 4) is 5.75 Å². The van der Waals surface area contributed by atoms with E-state index in [2.05, 4.69) is 52.1 Å². The van der Waals surface area contributed by atoms with Crippen LogP contribution in [0.1, 0.15) is 27.7 Å². The molecule has 0 unspecified atom stereocenters. The van der Waals surface area contributed by atoms with E-state index in [0.717, 1.165) is 0 Å². The third kappa shape index (κ3) is 5.74. The maximum absolute atomic E-state index is 12.4. The van der Waals surface area contributed by atoms with Gasteiger partial charge < -0.3 is 15.4 Å². The zero-order chi connectivity index (χ0) is 16.2. The van der Waals surface area contributed by atoms with E-state index in [4.69, 9.17) is 12.2 Å². The Hall–Kier alpha value is -0.950. The van der Waals surface area contributed by atoms with Crippen LogP contribution in [0.15, 0.2) is 22.7 Å². The van der Waals surface area contributed by atoms with Crippen molar-refractivity contribution in [1.29, 1.82) is 0 Å². The number of benzene rings is 1. The highest BCUT2D eigenvalue weighted by Gasteiger charge is 2.21. The summed E-state index contributed by atoms with van der Waals surface area (Å²) >= 11 is 8.52. The van der Waals surface area contributed by atoms with Crippen molar-refractivity contribution >= 4 is 38.9 Å². The Morgan fingerprint density at radius 3 is 2.48 bits per heavy atom. The topological polar surface area (TPSA) is 33.3 Å². The molecule has 3 nitrogen and oxygen atoms in total. The normalized spacial score (nSPS) is 13.0. The number of hydrogen-bond donors (Lipinski definition) is 2. The molecule has 2 N–H and O–H groups in total. The van der Waals surface area contributed by atoms with E-state index in [9.17, 15) is 8.78 Å². The molecule has 1 aromatic carbocycles. The Morgan fingerprint density at radius 1 is 1.33 bits per heavy atom. The van der Waals surface area contributed by atoms with Crippen molar-refractivity contribution in [3.05, 3.63) is 22.7 Å². The fraction of sp³-hybridized carbons (Fsp3) is 0.500. The fourth-order valence-electron chi connectivity index (χ4n) is 1.38. The highest BCUT2D eigenvalue weighted by Crippen LogP contribution is 2.33. The number of ether oxygens (including phenoxy) is 1. The summed E-state index contributed by atoms with van der Waals surface area (Å²) in [4.78, 5) is 0. The minimum Gasteiger partial charge on any atom is -0.433 e. The van der Waals surface area contributed by atoms with Gasteiger partial charge in [0.05, 0.1) is 5.69 Å². The van der Waals surface area contributed by atoms with Gasteiger partial charge in [0.25, 0.3) is 0 Å². The number of nitrogens with one attached hydrogen (secondary N) is 2. The van der Waals surface area contributed by atoms with Gasteiger partial charge in [-0.25, -0.2) is 0 Å². The number of hydrogen-bond acceptors (Lipinski definition) is 2. The van der Waals surface area contributed by atoms with Crippen LogP contribution in [0.2, 0.25) is 0 Å². The molecule has 118 valence electrons. The zero-order valence-corrected chi connectivity index (χ0v) is 14.7. The molecular formula is C14H19BrF2N2OS. The quantitative estimate of drug-likeness (QED) is 0.736. The number of halogens is 3. The molecule has 0 saturated heterocycles. The van der Waals surface area contributed by atoms with Crippen molar-refractivity contribution in [1.82, 2.24) is 5.32 Å². The van der Waals surface area contributed by atoms with Crippen LogP contribution in [0, 0.1) is 5.41 Å². The fourth-order valence-corrected chi connectivity index (χ4v) is 2.11. The lowest BCUT2D eigenvalue weighted by Gasteiger charge is -2.29. The Bertz CT molecular complexity index is 506. The molecule has 0 aliphatic carbocycles. The van der Waals surface area contributed by atoms with Crippen LogP contribution in [0.25, 0.3) is 0 Å². The summed E-state index contributed by atoms with van der Waals surface area (Å²) in [6, 6.07) is 4.90. The standard InChI is InChI=1S/C14H19BrF2N2OS/c1-8(14(2,3)4)18-13(21)19-11-9(15)6-5-7-10(11)20-12(16)17/h5-8,12H,1-4H3,(H2,18,19,21)/t8-/m0/s1. The van der Waals surface area contributed by atoms with Crippen molar-refractivity contribution in [2.75, 3.05) is 5.32 Å². The van der Waals surface area contributed by atoms with Gasteiger partial charge in [-0.15, -0.1) is 0 Å². The van der Waals surface area contributed by atoms with Crippen LogP contribution in [-0.2, 0) is 0 Å². The zero-order valence-electron chi connectivity index (χ0n) is 12.3. The van der Waals surface area contributed by atoms with Crippen molar-refractivity contribution in [2.24, 2.45) is 5.41 Å². The van der Waals surface area contributed by atoms with Gasteiger partial charge >= 0.3 is 6.61 Å². The van der Waals surface area contributed by atoms with Gasteiger partial charge in [-0.2, -0.15) is 8.78 Å². The molecule has 0 bridgehead atoms. The maximum atomic E-state index is 12.4. The molecule has 0 aromatic heterocycles. The molecule has 0 saturated carbocycles. The van der Waals surface area contributed by atoms with Crippen LogP contribution < -0.4 is 15.4 Å². The second-order valence-corrected chi connectivity index (χ2v) is 6.94. The summed E-state index contributed by atoms with van der Waals surface area (Å²) < 4.78 is 29.9. The van der Waals surface area contributed by atoms with E-state index in [1.807, 2.05) is 6.92 Å². The Morgan fingerprint density at radius 2 is 1.95 bits per heavy atom.